The molecular weight excluding hydrogens is 832 g/mol. The minimum absolute atomic E-state index is 0.0550. The van der Waals surface area contributed by atoms with Gasteiger partial charge in [0.2, 0.25) is 33.7 Å². The molecule has 4 saturated heterocycles. The van der Waals surface area contributed by atoms with Crippen LogP contribution in [0.15, 0.2) is 61.1 Å². The van der Waals surface area contributed by atoms with Crippen LogP contribution in [0.4, 0.5) is 15.9 Å². The zero-order valence-corrected chi connectivity index (χ0v) is 36.8. The molecule has 7 heterocycles. The van der Waals surface area contributed by atoms with Crippen molar-refractivity contribution in [3.05, 3.63) is 77.4 Å². The van der Waals surface area contributed by atoms with Crippen LogP contribution in [-0.4, -0.2) is 102 Å². The standard InChI is InChI=1S/C45H53FN8O6S2/c1-3-27-62(59,60)51-35-6-4-5-34(38(35)46)39-40(29-11-19-47-20-12-29)61-42(50-39)30-13-23-54(24-14-30)44(58)45(2)17-25-53(26-18-45)43(57)31-15-21-52(22-16-31)36-9-7-32(28-48-36)33-8-10-37(55)49-41(33)56/h4-7,9,11-12,19-20,28,30-31,33,51H,3,8,10,13-18,21-27H2,1-2H3,(H,49,55,56)/t33-/m1/s1. The van der Waals surface area contributed by atoms with Crippen LogP contribution in [-0.2, 0) is 29.2 Å². The number of anilines is 2. The van der Waals surface area contributed by atoms with Crippen molar-refractivity contribution in [2.45, 2.75) is 83.5 Å². The first-order valence-corrected chi connectivity index (χ1v) is 24.1. The van der Waals surface area contributed by atoms with Gasteiger partial charge >= 0.3 is 0 Å². The number of pyridine rings is 2. The summed E-state index contributed by atoms with van der Waals surface area (Å²) < 4.78 is 43.5. The number of likely N-dealkylation sites (tertiary alicyclic amines) is 2. The molecule has 0 bridgehead atoms. The zero-order chi connectivity index (χ0) is 43.6. The zero-order valence-electron chi connectivity index (χ0n) is 35.1. The Hall–Kier alpha value is -5.29. The third-order valence-corrected chi connectivity index (χ3v) is 15.7. The van der Waals surface area contributed by atoms with Gasteiger partial charge in [0.25, 0.3) is 0 Å². The van der Waals surface area contributed by atoms with E-state index in [0.717, 1.165) is 26.8 Å². The predicted octanol–water partition coefficient (Wildman–Crippen LogP) is 6.33. The van der Waals surface area contributed by atoms with Crippen LogP contribution in [0.25, 0.3) is 21.7 Å². The van der Waals surface area contributed by atoms with E-state index in [4.69, 9.17) is 4.98 Å². The van der Waals surface area contributed by atoms with Gasteiger partial charge in [-0.3, -0.25) is 34.2 Å². The van der Waals surface area contributed by atoms with E-state index in [1.807, 2.05) is 41.0 Å². The van der Waals surface area contributed by atoms with Gasteiger partial charge in [0.15, 0.2) is 5.82 Å². The minimum Gasteiger partial charge on any atom is -0.357 e. The fourth-order valence-corrected chi connectivity index (χ4v) is 11.6. The van der Waals surface area contributed by atoms with Crippen LogP contribution in [0.3, 0.4) is 0 Å². The SMILES string of the molecule is CCCS(=O)(=O)Nc1cccc(-c2nc(C3CCN(C(=O)C4(C)CCN(C(=O)C5CCN(c6ccc([C@H]7CCC(=O)NC7=O)cn6)CC5)CC4)CC3)sc2-c2ccncc2)c1F. The van der Waals surface area contributed by atoms with Crippen LogP contribution in [0, 0.1) is 17.2 Å². The normalized spacial score (nSPS) is 20.2. The Morgan fingerprint density at radius 1 is 0.935 bits per heavy atom. The number of amides is 4. The van der Waals surface area contributed by atoms with E-state index in [2.05, 4.69) is 24.9 Å². The van der Waals surface area contributed by atoms with Gasteiger partial charge in [0.05, 0.1) is 32.9 Å². The van der Waals surface area contributed by atoms with Crippen molar-refractivity contribution in [3.8, 4) is 21.7 Å². The molecule has 0 radical (unpaired) electrons. The number of carbonyl (C=O) groups is 4. The van der Waals surface area contributed by atoms with E-state index in [-0.39, 0.29) is 58.4 Å². The van der Waals surface area contributed by atoms with E-state index in [9.17, 15) is 27.6 Å². The summed E-state index contributed by atoms with van der Waals surface area (Å²) in [5, 5.41) is 3.25. The lowest BCUT2D eigenvalue weighted by molar-refractivity contribution is -0.149. The Kier molecular flexibility index (Phi) is 12.7. The van der Waals surface area contributed by atoms with Gasteiger partial charge in [0.1, 0.15) is 5.82 Å². The average Bonchev–Trinajstić information content (AvgIpc) is 3.73. The molecule has 4 fully saturated rings. The lowest BCUT2D eigenvalue weighted by atomic mass is 9.78. The Balaban J connectivity index is 0.851. The van der Waals surface area contributed by atoms with Crippen molar-refractivity contribution < 1.29 is 32.0 Å². The summed E-state index contributed by atoms with van der Waals surface area (Å²) in [7, 11) is -3.71. The lowest BCUT2D eigenvalue weighted by Gasteiger charge is -2.43. The fraction of sp³-hybridized carbons (Fsp3) is 0.489. The number of rotatable bonds is 11. The second-order valence-corrected chi connectivity index (χ2v) is 20.1. The van der Waals surface area contributed by atoms with Crippen molar-refractivity contribution in [2.75, 3.05) is 54.6 Å². The molecule has 4 aliphatic heterocycles. The molecule has 4 aromatic rings. The molecule has 328 valence electrons. The van der Waals surface area contributed by atoms with Crippen LogP contribution >= 0.6 is 11.3 Å². The first-order valence-electron chi connectivity index (χ1n) is 21.7. The van der Waals surface area contributed by atoms with Gasteiger partial charge < -0.3 is 14.7 Å². The summed E-state index contributed by atoms with van der Waals surface area (Å²) in [4.78, 5) is 72.3. The Morgan fingerprint density at radius 2 is 1.66 bits per heavy atom. The van der Waals surface area contributed by atoms with Gasteiger partial charge in [-0.1, -0.05) is 26.0 Å². The van der Waals surface area contributed by atoms with Gasteiger partial charge in [0, 0.05) is 87.1 Å². The van der Waals surface area contributed by atoms with E-state index in [1.54, 1.807) is 37.6 Å². The predicted molar refractivity (Wildman–Crippen MR) is 235 cm³/mol. The molecule has 2 N–H and O–H groups in total. The number of imide groups is 1. The smallest absolute Gasteiger partial charge is 0.234 e. The molecule has 0 saturated carbocycles. The Bertz CT molecular complexity index is 2410. The molecule has 4 aliphatic rings. The summed E-state index contributed by atoms with van der Waals surface area (Å²) in [6.07, 6.45) is 10.3. The van der Waals surface area contributed by atoms with E-state index in [1.165, 1.54) is 17.4 Å². The van der Waals surface area contributed by atoms with Crippen LogP contribution in [0.2, 0.25) is 0 Å². The van der Waals surface area contributed by atoms with E-state index >= 15 is 4.39 Å². The van der Waals surface area contributed by atoms with Gasteiger partial charge in [-0.2, -0.15) is 0 Å². The number of sulfonamides is 1. The molecule has 0 unspecified atom stereocenters. The maximum absolute atomic E-state index is 16.1. The highest BCUT2D eigenvalue weighted by atomic mass is 32.2. The molecule has 62 heavy (non-hydrogen) atoms. The number of halogens is 1. The Morgan fingerprint density at radius 3 is 2.32 bits per heavy atom. The second kappa shape index (κ2) is 18.2. The highest BCUT2D eigenvalue weighted by Gasteiger charge is 2.43. The van der Waals surface area contributed by atoms with Gasteiger partial charge in [-0.25, -0.2) is 22.8 Å². The number of carbonyl (C=O) groups excluding carboxylic acids is 4. The largest absolute Gasteiger partial charge is 0.357 e. The van der Waals surface area contributed by atoms with Crippen molar-refractivity contribution in [1.82, 2.24) is 30.1 Å². The third-order valence-electron chi connectivity index (χ3n) is 13.0. The molecule has 0 aliphatic carbocycles. The van der Waals surface area contributed by atoms with Gasteiger partial charge in [-0.15, -0.1) is 11.3 Å². The number of thiazole rings is 1. The highest BCUT2D eigenvalue weighted by molar-refractivity contribution is 7.92. The molecule has 14 nitrogen and oxygen atoms in total. The number of nitrogens with zero attached hydrogens (tertiary/aromatic N) is 6. The maximum atomic E-state index is 16.1. The molecule has 1 atom stereocenters. The summed E-state index contributed by atoms with van der Waals surface area (Å²) >= 11 is 1.49. The number of benzene rings is 1. The monoisotopic (exact) mass is 884 g/mol. The maximum Gasteiger partial charge on any atom is 0.234 e. The van der Waals surface area contributed by atoms with E-state index < -0.39 is 21.3 Å². The number of hydrogen-bond donors (Lipinski definition) is 2. The van der Waals surface area contributed by atoms with Crippen molar-refractivity contribution >= 4 is 56.5 Å². The number of nitrogens with one attached hydrogen (secondary N) is 2. The van der Waals surface area contributed by atoms with Crippen molar-refractivity contribution in [1.29, 1.82) is 0 Å². The number of hydrogen-bond acceptors (Lipinski definition) is 11. The molecule has 0 spiro atoms. The summed E-state index contributed by atoms with van der Waals surface area (Å²) in [6, 6.07) is 12.2. The third kappa shape index (κ3) is 9.24. The molecular formula is C45H53FN8O6S2. The first-order chi connectivity index (χ1) is 29.8. The lowest BCUT2D eigenvalue weighted by Crippen LogP contribution is -2.52. The highest BCUT2D eigenvalue weighted by Crippen LogP contribution is 2.44. The second-order valence-electron chi connectivity index (χ2n) is 17.2. The summed E-state index contributed by atoms with van der Waals surface area (Å²) in [5.74, 6) is -0.651. The molecule has 17 heteroatoms. The quantitative estimate of drug-likeness (QED) is 0.162. The van der Waals surface area contributed by atoms with E-state index in [0.29, 0.717) is 103 Å². The fourth-order valence-electron chi connectivity index (χ4n) is 9.24. The first kappa shape index (κ1) is 43.4. The minimum atomic E-state index is -3.71. The van der Waals surface area contributed by atoms with Crippen LogP contribution < -0.4 is 14.9 Å². The summed E-state index contributed by atoms with van der Waals surface area (Å²) in [6.45, 7) is 7.38. The van der Waals surface area contributed by atoms with Crippen LogP contribution in [0.1, 0.15) is 94.0 Å². The van der Waals surface area contributed by atoms with Gasteiger partial charge in [-0.05, 0) is 92.8 Å². The molecule has 1 aromatic carbocycles. The van der Waals surface area contributed by atoms with Crippen LogP contribution in [0.5, 0.6) is 0 Å². The number of piperidine rings is 4. The molecule has 8 rings (SSSR count). The summed E-state index contributed by atoms with van der Waals surface area (Å²) in [5.41, 5.74) is 1.59. The van der Waals surface area contributed by atoms with Crippen molar-refractivity contribution in [3.63, 3.8) is 0 Å². The Labute approximate surface area is 365 Å². The average molecular weight is 885 g/mol. The topological polar surface area (TPSA) is 175 Å². The molecule has 4 amide bonds. The number of aromatic nitrogens is 3. The molecule has 3 aromatic heterocycles. The van der Waals surface area contributed by atoms with Crippen molar-refractivity contribution in [2.24, 2.45) is 11.3 Å².